The van der Waals surface area contributed by atoms with Crippen molar-refractivity contribution in [2.24, 2.45) is 5.73 Å². The molecule has 1 aliphatic heterocycles. The zero-order valence-electron chi connectivity index (χ0n) is 11.2. The van der Waals surface area contributed by atoms with Crippen LogP contribution in [-0.4, -0.2) is 75.5 Å². The van der Waals surface area contributed by atoms with Crippen molar-refractivity contribution in [1.82, 2.24) is 4.90 Å². The zero-order valence-corrected chi connectivity index (χ0v) is 11.2. The highest BCUT2D eigenvalue weighted by Gasteiger charge is 2.21. The number of nitrogens with zero attached hydrogens (tertiary/aromatic N) is 1. The maximum absolute atomic E-state index is 9.90. The first kappa shape index (κ1) is 15.8. The highest BCUT2D eigenvalue weighted by molar-refractivity contribution is 4.75. The van der Waals surface area contributed by atoms with Crippen molar-refractivity contribution in [3.8, 4) is 0 Å². The minimum atomic E-state index is -0.531. The monoisotopic (exact) mass is 262 g/mol. The quantitative estimate of drug-likeness (QED) is 0.541. The number of rotatable bonds is 9. The molecule has 1 atom stereocenters. The Labute approximate surface area is 109 Å². The van der Waals surface area contributed by atoms with Gasteiger partial charge in [0.15, 0.2) is 0 Å². The van der Waals surface area contributed by atoms with Crippen LogP contribution in [0.3, 0.4) is 0 Å². The highest BCUT2D eigenvalue weighted by atomic mass is 16.5. The van der Waals surface area contributed by atoms with Gasteiger partial charge in [-0.3, -0.25) is 4.90 Å². The second-order valence-electron chi connectivity index (χ2n) is 4.53. The molecule has 3 N–H and O–H groups in total. The lowest BCUT2D eigenvalue weighted by Gasteiger charge is -2.33. The molecule has 0 saturated carbocycles. The normalized spacial score (nSPS) is 20.2. The summed E-state index contributed by atoms with van der Waals surface area (Å²) in [6.45, 7) is 4.20. The molecule has 0 amide bonds. The van der Waals surface area contributed by atoms with Gasteiger partial charge in [0.2, 0.25) is 0 Å². The molecule has 1 fully saturated rings. The van der Waals surface area contributed by atoms with Crippen LogP contribution in [0.1, 0.15) is 12.8 Å². The summed E-state index contributed by atoms with van der Waals surface area (Å²) in [4.78, 5) is 2.01. The maximum atomic E-state index is 9.90. The van der Waals surface area contributed by atoms with E-state index in [1.165, 1.54) is 0 Å². The van der Waals surface area contributed by atoms with Crippen LogP contribution in [0.15, 0.2) is 0 Å². The Kier molecular flexibility index (Phi) is 8.49. The summed E-state index contributed by atoms with van der Waals surface area (Å²) in [7, 11) is 1.64. The average molecular weight is 262 g/mol. The van der Waals surface area contributed by atoms with Crippen LogP contribution >= 0.6 is 0 Å². The van der Waals surface area contributed by atoms with E-state index in [1.54, 1.807) is 7.11 Å². The average Bonchev–Trinajstić information content (AvgIpc) is 2.38. The highest BCUT2D eigenvalue weighted by Crippen LogP contribution is 2.10. The fourth-order valence-corrected chi connectivity index (χ4v) is 1.87. The first-order chi connectivity index (χ1) is 8.74. The fraction of sp³-hybridized carbons (Fsp3) is 1.00. The number of hydrogen-bond donors (Lipinski definition) is 2. The zero-order chi connectivity index (χ0) is 13.2. The minimum Gasteiger partial charge on any atom is -0.382 e. The van der Waals surface area contributed by atoms with Gasteiger partial charge in [0, 0.05) is 26.2 Å². The maximum Gasteiger partial charge on any atom is 0.131 e. The molecule has 0 radical (unpaired) electrons. The lowest BCUT2D eigenvalue weighted by molar-refractivity contribution is -0.0754. The lowest BCUT2D eigenvalue weighted by Crippen LogP contribution is -2.46. The lowest BCUT2D eigenvalue weighted by atomic mass is 10.1. The molecule has 0 aromatic heterocycles. The van der Waals surface area contributed by atoms with Crippen molar-refractivity contribution < 1.29 is 19.3 Å². The number of methoxy groups -OCH3 is 1. The number of hydrogen-bond acceptors (Lipinski definition) is 6. The molecule has 1 rings (SSSR count). The summed E-state index contributed by atoms with van der Waals surface area (Å²) in [5.41, 5.74) is 5.81. The summed E-state index contributed by atoms with van der Waals surface area (Å²) in [6, 6.07) is 0.281. The van der Waals surface area contributed by atoms with Crippen molar-refractivity contribution in [2.75, 3.05) is 53.2 Å². The molecule has 1 unspecified atom stereocenters. The topological polar surface area (TPSA) is 77.2 Å². The Hall–Kier alpha value is -0.240. The molecule has 0 bridgehead atoms. The molecule has 1 heterocycles. The van der Waals surface area contributed by atoms with Crippen LogP contribution in [0.5, 0.6) is 0 Å². The molecule has 0 aromatic carbocycles. The third-order valence-electron chi connectivity index (χ3n) is 3.07. The van der Waals surface area contributed by atoms with Crippen LogP contribution < -0.4 is 5.73 Å². The van der Waals surface area contributed by atoms with Crippen LogP contribution in [0.2, 0.25) is 0 Å². The van der Waals surface area contributed by atoms with Crippen molar-refractivity contribution in [2.45, 2.75) is 25.1 Å². The number of piperidine rings is 1. The Morgan fingerprint density at radius 3 is 2.44 bits per heavy atom. The van der Waals surface area contributed by atoms with Crippen molar-refractivity contribution in [1.29, 1.82) is 0 Å². The third kappa shape index (κ3) is 6.63. The smallest absolute Gasteiger partial charge is 0.131 e. The van der Waals surface area contributed by atoms with Gasteiger partial charge in [-0.05, 0) is 12.8 Å². The van der Waals surface area contributed by atoms with E-state index in [2.05, 4.69) is 0 Å². The van der Waals surface area contributed by atoms with Gasteiger partial charge < -0.3 is 25.1 Å². The second-order valence-corrected chi connectivity index (χ2v) is 4.53. The Morgan fingerprint density at radius 2 is 1.78 bits per heavy atom. The molecule has 1 saturated heterocycles. The minimum absolute atomic E-state index is 0.281. The molecule has 0 spiro atoms. The number of aliphatic hydroxyl groups excluding tert-OH is 1. The summed E-state index contributed by atoms with van der Waals surface area (Å²) in [5, 5.41) is 9.90. The van der Waals surface area contributed by atoms with Crippen LogP contribution in [0, 0.1) is 0 Å². The van der Waals surface area contributed by atoms with E-state index in [4.69, 9.17) is 19.9 Å². The van der Waals surface area contributed by atoms with Gasteiger partial charge in [-0.2, -0.15) is 0 Å². The Balaban J connectivity index is 1.95. The number of ether oxygens (including phenoxy) is 3. The molecular weight excluding hydrogens is 236 g/mol. The van der Waals surface area contributed by atoms with Gasteiger partial charge in [-0.1, -0.05) is 0 Å². The summed E-state index contributed by atoms with van der Waals surface area (Å²) in [5.74, 6) is 0. The first-order valence-electron chi connectivity index (χ1n) is 6.56. The van der Waals surface area contributed by atoms with Crippen molar-refractivity contribution in [3.05, 3.63) is 0 Å². The molecule has 108 valence electrons. The van der Waals surface area contributed by atoms with Gasteiger partial charge in [0.1, 0.15) is 6.23 Å². The molecule has 0 aromatic rings. The largest absolute Gasteiger partial charge is 0.382 e. The van der Waals surface area contributed by atoms with E-state index in [-0.39, 0.29) is 6.04 Å². The molecule has 6 nitrogen and oxygen atoms in total. The van der Waals surface area contributed by atoms with Crippen LogP contribution in [-0.2, 0) is 14.2 Å². The molecule has 0 aliphatic carbocycles. The summed E-state index contributed by atoms with van der Waals surface area (Å²) < 4.78 is 15.5. The van der Waals surface area contributed by atoms with Gasteiger partial charge in [0.05, 0.1) is 33.0 Å². The van der Waals surface area contributed by atoms with E-state index in [0.717, 1.165) is 25.9 Å². The van der Waals surface area contributed by atoms with E-state index >= 15 is 0 Å². The van der Waals surface area contributed by atoms with Gasteiger partial charge in [0.25, 0.3) is 0 Å². The van der Waals surface area contributed by atoms with Crippen molar-refractivity contribution >= 4 is 0 Å². The second kappa shape index (κ2) is 9.66. The predicted molar refractivity (Wildman–Crippen MR) is 68.3 cm³/mol. The summed E-state index contributed by atoms with van der Waals surface area (Å²) >= 11 is 0. The Bertz CT molecular complexity index is 199. The predicted octanol–water partition coefficient (Wildman–Crippen LogP) is -0.592. The van der Waals surface area contributed by atoms with Crippen molar-refractivity contribution in [3.63, 3.8) is 0 Å². The van der Waals surface area contributed by atoms with Crippen LogP contribution in [0.4, 0.5) is 0 Å². The van der Waals surface area contributed by atoms with E-state index in [9.17, 15) is 5.11 Å². The van der Waals surface area contributed by atoms with E-state index < -0.39 is 6.23 Å². The first-order valence-corrected chi connectivity index (χ1v) is 6.56. The van der Waals surface area contributed by atoms with Gasteiger partial charge >= 0.3 is 0 Å². The third-order valence-corrected chi connectivity index (χ3v) is 3.07. The fourth-order valence-electron chi connectivity index (χ4n) is 1.87. The number of aliphatic hydroxyl groups is 1. The van der Waals surface area contributed by atoms with E-state index in [1.807, 2.05) is 4.90 Å². The number of nitrogens with two attached hydrogens (primary N) is 1. The molecule has 18 heavy (non-hydrogen) atoms. The van der Waals surface area contributed by atoms with E-state index in [0.29, 0.717) is 33.0 Å². The van der Waals surface area contributed by atoms with Crippen LogP contribution in [0.25, 0.3) is 0 Å². The summed E-state index contributed by atoms with van der Waals surface area (Å²) in [6.07, 6.45) is 1.35. The van der Waals surface area contributed by atoms with Gasteiger partial charge in [-0.15, -0.1) is 0 Å². The Morgan fingerprint density at radius 1 is 1.17 bits per heavy atom. The standard InChI is InChI=1S/C12H26N2O4/c1-16-6-7-17-8-9-18-10-12(15)14-4-2-11(13)3-5-14/h11-12,15H,2-10,13H2,1H3. The molecule has 6 heteroatoms. The SMILES string of the molecule is COCCOCCOCC(O)N1CCC(N)CC1. The number of likely N-dealkylation sites (tertiary alicyclic amines) is 1. The molecule has 1 aliphatic rings. The van der Waals surface area contributed by atoms with Gasteiger partial charge in [-0.25, -0.2) is 0 Å². The molecular formula is C12H26N2O4.